The standard InChI is InChI=1S/C13H18N2O/c1-14-13-9-15(10-16)8-7-12(13)11-5-3-2-4-6-11/h2-6,10,12-14H,7-9H2,1H3. The molecule has 0 aliphatic carbocycles. The molecule has 2 unspecified atom stereocenters. The van der Waals surface area contributed by atoms with Gasteiger partial charge in [0, 0.05) is 25.0 Å². The minimum atomic E-state index is 0.362. The van der Waals surface area contributed by atoms with E-state index in [4.69, 9.17) is 0 Å². The molecule has 1 N–H and O–H groups in total. The number of benzene rings is 1. The summed E-state index contributed by atoms with van der Waals surface area (Å²) in [6.45, 7) is 1.67. The first kappa shape index (κ1) is 11.1. The minimum absolute atomic E-state index is 0.362. The lowest BCUT2D eigenvalue weighted by molar-refractivity contribution is -0.119. The Kier molecular flexibility index (Phi) is 3.57. The molecule has 2 atom stereocenters. The van der Waals surface area contributed by atoms with Crippen LogP contribution in [0, 0.1) is 0 Å². The number of hydrogen-bond acceptors (Lipinski definition) is 2. The molecular formula is C13H18N2O. The van der Waals surface area contributed by atoms with E-state index in [-0.39, 0.29) is 0 Å². The van der Waals surface area contributed by atoms with E-state index in [1.165, 1.54) is 5.56 Å². The van der Waals surface area contributed by atoms with Crippen molar-refractivity contribution in [2.24, 2.45) is 0 Å². The van der Waals surface area contributed by atoms with Gasteiger partial charge < -0.3 is 10.2 Å². The fourth-order valence-electron chi connectivity index (χ4n) is 2.46. The summed E-state index contributed by atoms with van der Waals surface area (Å²) in [4.78, 5) is 12.6. The number of hydrogen-bond donors (Lipinski definition) is 1. The van der Waals surface area contributed by atoms with E-state index in [2.05, 4.69) is 29.6 Å². The van der Waals surface area contributed by atoms with E-state index in [9.17, 15) is 4.79 Å². The number of likely N-dealkylation sites (tertiary alicyclic amines) is 1. The van der Waals surface area contributed by atoms with Crippen molar-refractivity contribution < 1.29 is 4.79 Å². The molecule has 1 saturated heterocycles. The van der Waals surface area contributed by atoms with Crippen LogP contribution in [0.5, 0.6) is 0 Å². The summed E-state index contributed by atoms with van der Waals surface area (Å²) in [6, 6.07) is 10.9. The molecule has 0 aromatic heterocycles. The molecule has 1 fully saturated rings. The van der Waals surface area contributed by atoms with Crippen LogP contribution in [0.25, 0.3) is 0 Å². The van der Waals surface area contributed by atoms with Gasteiger partial charge in [0.15, 0.2) is 0 Å². The molecule has 0 radical (unpaired) electrons. The fraction of sp³-hybridized carbons (Fsp3) is 0.462. The van der Waals surface area contributed by atoms with Gasteiger partial charge in [-0.2, -0.15) is 0 Å². The maximum Gasteiger partial charge on any atom is 0.209 e. The average molecular weight is 218 g/mol. The van der Waals surface area contributed by atoms with Crippen molar-refractivity contribution in [1.82, 2.24) is 10.2 Å². The lowest BCUT2D eigenvalue weighted by Crippen LogP contribution is -2.48. The molecule has 16 heavy (non-hydrogen) atoms. The highest BCUT2D eigenvalue weighted by Gasteiger charge is 2.28. The topological polar surface area (TPSA) is 32.3 Å². The number of nitrogens with zero attached hydrogens (tertiary/aromatic N) is 1. The number of amides is 1. The number of nitrogens with one attached hydrogen (secondary N) is 1. The van der Waals surface area contributed by atoms with Gasteiger partial charge in [-0.25, -0.2) is 0 Å². The summed E-state index contributed by atoms with van der Waals surface area (Å²) in [5, 5.41) is 3.32. The number of carbonyl (C=O) groups is 1. The number of carbonyl (C=O) groups excluding carboxylic acids is 1. The molecule has 3 nitrogen and oxygen atoms in total. The highest BCUT2D eigenvalue weighted by atomic mass is 16.1. The van der Waals surface area contributed by atoms with Crippen molar-refractivity contribution >= 4 is 6.41 Å². The van der Waals surface area contributed by atoms with Crippen LogP contribution in [0.2, 0.25) is 0 Å². The first-order chi connectivity index (χ1) is 7.85. The first-order valence-corrected chi connectivity index (χ1v) is 5.76. The Bertz CT molecular complexity index is 339. The summed E-state index contributed by atoms with van der Waals surface area (Å²) in [5.41, 5.74) is 1.37. The SMILES string of the molecule is CNC1CN(C=O)CCC1c1ccccc1. The predicted molar refractivity (Wildman–Crippen MR) is 64.3 cm³/mol. The molecule has 1 aromatic rings. The summed E-state index contributed by atoms with van der Waals surface area (Å²) >= 11 is 0. The van der Waals surface area contributed by atoms with Crippen LogP contribution < -0.4 is 5.32 Å². The maximum atomic E-state index is 10.8. The van der Waals surface area contributed by atoms with Gasteiger partial charge in [0.25, 0.3) is 0 Å². The Morgan fingerprint density at radius 2 is 2.12 bits per heavy atom. The van der Waals surface area contributed by atoms with Gasteiger partial charge in [-0.15, -0.1) is 0 Å². The van der Waals surface area contributed by atoms with Gasteiger partial charge >= 0.3 is 0 Å². The Labute approximate surface area is 96.5 Å². The van der Waals surface area contributed by atoms with Gasteiger partial charge in [0.05, 0.1) is 0 Å². The Morgan fingerprint density at radius 3 is 2.75 bits per heavy atom. The van der Waals surface area contributed by atoms with Crippen LogP contribution in [-0.4, -0.2) is 37.5 Å². The van der Waals surface area contributed by atoms with E-state index in [0.29, 0.717) is 12.0 Å². The van der Waals surface area contributed by atoms with E-state index >= 15 is 0 Å². The minimum Gasteiger partial charge on any atom is -0.344 e. The summed E-state index contributed by atoms with van der Waals surface area (Å²) in [7, 11) is 1.97. The zero-order valence-electron chi connectivity index (χ0n) is 9.60. The van der Waals surface area contributed by atoms with E-state index in [0.717, 1.165) is 25.9 Å². The van der Waals surface area contributed by atoms with Gasteiger partial charge in [-0.3, -0.25) is 4.79 Å². The van der Waals surface area contributed by atoms with Crippen molar-refractivity contribution in [3.63, 3.8) is 0 Å². The molecule has 0 bridgehead atoms. The molecule has 1 heterocycles. The highest BCUT2D eigenvalue weighted by molar-refractivity contribution is 5.47. The lowest BCUT2D eigenvalue weighted by atomic mass is 9.85. The van der Waals surface area contributed by atoms with Crippen molar-refractivity contribution in [3.05, 3.63) is 35.9 Å². The Morgan fingerprint density at radius 1 is 1.38 bits per heavy atom. The Balaban J connectivity index is 2.13. The van der Waals surface area contributed by atoms with E-state index in [1.54, 1.807) is 0 Å². The third-order valence-corrected chi connectivity index (χ3v) is 3.39. The maximum absolute atomic E-state index is 10.8. The van der Waals surface area contributed by atoms with Crippen molar-refractivity contribution in [1.29, 1.82) is 0 Å². The van der Waals surface area contributed by atoms with E-state index < -0.39 is 0 Å². The molecule has 0 saturated carbocycles. The molecule has 1 aliphatic heterocycles. The summed E-state index contributed by atoms with van der Waals surface area (Å²) < 4.78 is 0. The summed E-state index contributed by atoms with van der Waals surface area (Å²) in [5.74, 6) is 0.516. The predicted octanol–water partition coefficient (Wildman–Crippen LogP) is 1.22. The lowest BCUT2D eigenvalue weighted by Gasteiger charge is -2.37. The van der Waals surface area contributed by atoms with Gasteiger partial charge in [-0.05, 0) is 19.0 Å². The van der Waals surface area contributed by atoms with Crippen LogP contribution >= 0.6 is 0 Å². The third kappa shape index (κ3) is 2.25. The molecule has 0 spiro atoms. The Hall–Kier alpha value is -1.35. The monoisotopic (exact) mass is 218 g/mol. The number of piperidine rings is 1. The molecular weight excluding hydrogens is 200 g/mol. The normalized spacial score (nSPS) is 25.4. The molecule has 1 aliphatic rings. The second-order valence-electron chi connectivity index (χ2n) is 4.30. The van der Waals surface area contributed by atoms with Crippen molar-refractivity contribution in [2.45, 2.75) is 18.4 Å². The van der Waals surface area contributed by atoms with Crippen LogP contribution in [0.15, 0.2) is 30.3 Å². The summed E-state index contributed by atoms with van der Waals surface area (Å²) in [6.07, 6.45) is 1.99. The van der Waals surface area contributed by atoms with Crippen molar-refractivity contribution in [2.75, 3.05) is 20.1 Å². The average Bonchev–Trinajstić information content (AvgIpc) is 2.39. The number of likely N-dealkylation sites (N-methyl/N-ethyl adjacent to an activating group) is 1. The number of rotatable bonds is 3. The first-order valence-electron chi connectivity index (χ1n) is 5.76. The molecule has 3 heteroatoms. The highest BCUT2D eigenvalue weighted by Crippen LogP contribution is 2.27. The largest absolute Gasteiger partial charge is 0.344 e. The molecule has 86 valence electrons. The van der Waals surface area contributed by atoms with Gasteiger partial charge in [0.2, 0.25) is 6.41 Å². The second-order valence-corrected chi connectivity index (χ2v) is 4.30. The van der Waals surface area contributed by atoms with Crippen LogP contribution in [0.4, 0.5) is 0 Å². The molecule has 1 amide bonds. The zero-order chi connectivity index (χ0) is 11.4. The molecule has 2 rings (SSSR count). The quantitative estimate of drug-likeness (QED) is 0.774. The molecule has 1 aromatic carbocycles. The second kappa shape index (κ2) is 5.12. The fourth-order valence-corrected chi connectivity index (χ4v) is 2.46. The van der Waals surface area contributed by atoms with Crippen molar-refractivity contribution in [3.8, 4) is 0 Å². The van der Waals surface area contributed by atoms with E-state index in [1.807, 2.05) is 18.0 Å². The zero-order valence-corrected chi connectivity index (χ0v) is 9.60. The third-order valence-electron chi connectivity index (χ3n) is 3.39. The van der Waals surface area contributed by atoms with Crippen LogP contribution in [0.1, 0.15) is 17.9 Å². The van der Waals surface area contributed by atoms with Gasteiger partial charge in [-0.1, -0.05) is 30.3 Å². The van der Waals surface area contributed by atoms with Crippen LogP contribution in [-0.2, 0) is 4.79 Å². The van der Waals surface area contributed by atoms with Gasteiger partial charge in [0.1, 0.15) is 0 Å². The van der Waals surface area contributed by atoms with Crippen LogP contribution in [0.3, 0.4) is 0 Å². The smallest absolute Gasteiger partial charge is 0.209 e.